The quantitative estimate of drug-likeness (QED) is 0.369. The Hall–Kier alpha value is -3.68. The molecule has 2 unspecified atom stereocenters. The van der Waals surface area contributed by atoms with Gasteiger partial charge >= 0.3 is 0 Å². The average Bonchev–Trinajstić information content (AvgIpc) is 3.50. The lowest BCUT2D eigenvalue weighted by molar-refractivity contribution is -0.0385. The molecule has 5 heterocycles. The molecular formula is C27H21N3O4. The summed E-state index contributed by atoms with van der Waals surface area (Å²) in [6.45, 7) is 4.06. The number of carbonyl (C=O) groups is 2. The Morgan fingerprint density at radius 3 is 2.06 bits per heavy atom. The fourth-order valence-electron chi connectivity index (χ4n) is 6.63. The summed E-state index contributed by atoms with van der Waals surface area (Å²) >= 11 is 0. The molecule has 2 bridgehead atoms. The number of benzene rings is 3. The van der Waals surface area contributed by atoms with E-state index < -0.39 is 0 Å². The first-order chi connectivity index (χ1) is 16.5. The maximum absolute atomic E-state index is 13.2. The van der Waals surface area contributed by atoms with E-state index in [2.05, 4.69) is 50.8 Å². The van der Waals surface area contributed by atoms with Crippen molar-refractivity contribution in [3.63, 3.8) is 0 Å². The van der Waals surface area contributed by atoms with E-state index in [4.69, 9.17) is 4.74 Å². The second kappa shape index (κ2) is 5.87. The largest absolute Gasteiger partial charge is 0.396 e. The van der Waals surface area contributed by atoms with Crippen molar-refractivity contribution in [3.8, 4) is 0 Å². The number of rotatable bonds is 1. The minimum Gasteiger partial charge on any atom is -0.396 e. The van der Waals surface area contributed by atoms with Crippen molar-refractivity contribution in [2.24, 2.45) is 5.92 Å². The molecule has 3 aliphatic rings. The van der Waals surface area contributed by atoms with Crippen LogP contribution in [0.4, 0.5) is 0 Å². The second-order valence-corrected chi connectivity index (χ2v) is 9.92. The van der Waals surface area contributed by atoms with Crippen molar-refractivity contribution in [2.45, 2.75) is 32.7 Å². The number of fused-ring (bicyclic) bond motifs is 13. The van der Waals surface area contributed by atoms with Crippen LogP contribution < -0.4 is 5.32 Å². The van der Waals surface area contributed by atoms with Crippen LogP contribution in [0.25, 0.3) is 43.6 Å². The normalized spacial score (nSPS) is 23.1. The van der Waals surface area contributed by atoms with Crippen molar-refractivity contribution in [1.82, 2.24) is 14.5 Å². The molecule has 7 heteroatoms. The molecule has 8 rings (SSSR count). The van der Waals surface area contributed by atoms with E-state index >= 15 is 0 Å². The number of aliphatic hydroxyl groups is 1. The van der Waals surface area contributed by atoms with Gasteiger partial charge in [-0.05, 0) is 38.1 Å². The Morgan fingerprint density at radius 2 is 1.47 bits per heavy atom. The van der Waals surface area contributed by atoms with E-state index in [1.54, 1.807) is 0 Å². The van der Waals surface area contributed by atoms with Crippen LogP contribution >= 0.6 is 0 Å². The summed E-state index contributed by atoms with van der Waals surface area (Å²) in [5.74, 6) is -0.787. The van der Waals surface area contributed by atoms with Crippen molar-refractivity contribution in [3.05, 3.63) is 58.7 Å². The van der Waals surface area contributed by atoms with Crippen molar-refractivity contribution in [2.75, 3.05) is 6.61 Å². The minimum atomic E-state index is -0.362. The number of ether oxygens (including phenoxy) is 1. The zero-order valence-corrected chi connectivity index (χ0v) is 18.7. The zero-order valence-electron chi connectivity index (χ0n) is 18.7. The molecule has 3 aliphatic heterocycles. The Kier molecular flexibility index (Phi) is 3.23. The molecule has 7 nitrogen and oxygen atoms in total. The predicted molar refractivity (Wildman–Crippen MR) is 128 cm³/mol. The lowest BCUT2D eigenvalue weighted by atomic mass is 9.95. The van der Waals surface area contributed by atoms with Crippen LogP contribution in [0.1, 0.15) is 50.7 Å². The van der Waals surface area contributed by atoms with Gasteiger partial charge in [-0.1, -0.05) is 23.3 Å². The third-order valence-electron chi connectivity index (χ3n) is 7.95. The van der Waals surface area contributed by atoms with Gasteiger partial charge in [0.2, 0.25) is 0 Å². The standard InChI is InChI=1S/C27H21N3O4/c1-11-3-5-16-14(7-11)19-21-22(26(33)28-25(21)32)20-15-8-12(2)4-6-17(15)30-24(20)23(19)29(16)18-9-13(10-31)27(30)34-18/h3-8,13,18,27,31H,9-10H2,1-2H3,(H,28,32,33)/t13?,18-,27?/m0/s1. The molecule has 2 aromatic heterocycles. The number of aromatic nitrogens is 2. The number of imide groups is 1. The molecule has 5 aromatic rings. The third-order valence-corrected chi connectivity index (χ3v) is 7.95. The van der Waals surface area contributed by atoms with Crippen LogP contribution in [0.15, 0.2) is 36.4 Å². The van der Waals surface area contributed by atoms with Gasteiger partial charge in [0.15, 0.2) is 0 Å². The molecule has 3 aromatic carbocycles. The number of nitrogens with zero attached hydrogens (tertiary/aromatic N) is 2. The SMILES string of the molecule is Cc1ccc2c(c1)c1c3c(c4c5cc(C)ccc5n5c4c1n2C1O[C@H]5CC1CO)C(=O)NC3=O. The van der Waals surface area contributed by atoms with Gasteiger partial charge in [0, 0.05) is 33.9 Å². The van der Waals surface area contributed by atoms with Gasteiger partial charge < -0.3 is 19.0 Å². The Bertz CT molecular complexity index is 1810. The third kappa shape index (κ3) is 1.94. The van der Waals surface area contributed by atoms with Gasteiger partial charge in [0.05, 0.1) is 39.8 Å². The molecule has 2 N–H and O–H groups in total. The summed E-state index contributed by atoms with van der Waals surface area (Å²) in [4.78, 5) is 26.5. The van der Waals surface area contributed by atoms with Crippen LogP contribution in [-0.4, -0.2) is 32.7 Å². The van der Waals surface area contributed by atoms with E-state index in [1.807, 2.05) is 13.8 Å². The molecule has 34 heavy (non-hydrogen) atoms. The summed E-state index contributed by atoms with van der Waals surface area (Å²) < 4.78 is 11.0. The van der Waals surface area contributed by atoms with Crippen molar-refractivity contribution >= 4 is 55.4 Å². The summed E-state index contributed by atoms with van der Waals surface area (Å²) in [6.07, 6.45) is 0.0361. The van der Waals surface area contributed by atoms with Gasteiger partial charge in [0.25, 0.3) is 11.8 Å². The molecule has 3 atom stereocenters. The number of aryl methyl sites for hydroxylation is 2. The highest BCUT2D eigenvalue weighted by molar-refractivity contribution is 6.39. The van der Waals surface area contributed by atoms with Gasteiger partial charge in [-0.2, -0.15) is 0 Å². The fourth-order valence-corrected chi connectivity index (χ4v) is 6.63. The number of hydrogen-bond donors (Lipinski definition) is 2. The molecule has 168 valence electrons. The minimum absolute atomic E-state index is 0.00882. The highest BCUT2D eigenvalue weighted by Crippen LogP contribution is 2.54. The number of aliphatic hydroxyl groups excluding tert-OH is 1. The van der Waals surface area contributed by atoms with Crippen LogP contribution in [0.5, 0.6) is 0 Å². The van der Waals surface area contributed by atoms with Gasteiger partial charge in [-0.25, -0.2) is 0 Å². The number of carbonyl (C=O) groups excluding carboxylic acids is 2. The van der Waals surface area contributed by atoms with Crippen LogP contribution in [0.2, 0.25) is 0 Å². The van der Waals surface area contributed by atoms with Gasteiger partial charge in [0.1, 0.15) is 12.5 Å². The lowest BCUT2D eigenvalue weighted by Gasteiger charge is -2.20. The molecule has 1 fully saturated rings. The summed E-state index contributed by atoms with van der Waals surface area (Å²) in [7, 11) is 0. The van der Waals surface area contributed by atoms with E-state index in [9.17, 15) is 14.7 Å². The first-order valence-electron chi connectivity index (χ1n) is 11.6. The molecule has 1 saturated heterocycles. The van der Waals surface area contributed by atoms with Gasteiger partial charge in [-0.15, -0.1) is 0 Å². The molecule has 0 saturated carbocycles. The molecule has 0 aliphatic carbocycles. The molecule has 0 radical (unpaired) electrons. The topological polar surface area (TPSA) is 85.5 Å². The monoisotopic (exact) mass is 451 g/mol. The second-order valence-electron chi connectivity index (χ2n) is 9.92. The average molecular weight is 451 g/mol. The maximum Gasteiger partial charge on any atom is 0.259 e. The zero-order chi connectivity index (χ0) is 23.0. The first-order valence-corrected chi connectivity index (χ1v) is 11.6. The van der Waals surface area contributed by atoms with Crippen molar-refractivity contribution < 1.29 is 19.4 Å². The summed E-state index contributed by atoms with van der Waals surface area (Å²) in [5, 5.41) is 16.3. The molecule has 0 spiro atoms. The predicted octanol–water partition coefficient (Wildman–Crippen LogP) is 4.44. The Morgan fingerprint density at radius 1 is 0.912 bits per heavy atom. The highest BCUT2D eigenvalue weighted by atomic mass is 16.5. The summed E-state index contributed by atoms with van der Waals surface area (Å²) in [6, 6.07) is 12.4. The van der Waals surface area contributed by atoms with Crippen LogP contribution in [-0.2, 0) is 4.74 Å². The van der Waals surface area contributed by atoms with E-state index in [-0.39, 0.29) is 36.8 Å². The molecular weight excluding hydrogens is 430 g/mol. The number of nitrogens with one attached hydrogen (secondary N) is 1. The Balaban J connectivity index is 1.77. The lowest BCUT2D eigenvalue weighted by Crippen LogP contribution is -2.20. The van der Waals surface area contributed by atoms with Crippen molar-refractivity contribution in [1.29, 1.82) is 0 Å². The van der Waals surface area contributed by atoms with Crippen LogP contribution in [0.3, 0.4) is 0 Å². The highest BCUT2D eigenvalue weighted by Gasteiger charge is 2.45. The number of hydrogen-bond acceptors (Lipinski definition) is 4. The van der Waals surface area contributed by atoms with E-state index in [0.29, 0.717) is 17.5 Å². The van der Waals surface area contributed by atoms with E-state index in [1.165, 1.54) is 0 Å². The maximum atomic E-state index is 13.2. The smallest absolute Gasteiger partial charge is 0.259 e. The van der Waals surface area contributed by atoms with Gasteiger partial charge in [-0.3, -0.25) is 14.9 Å². The molecule has 2 amide bonds. The fraction of sp³-hybridized carbons (Fsp3) is 0.259. The number of amides is 2. The summed E-state index contributed by atoms with van der Waals surface area (Å²) in [5.41, 5.74) is 6.80. The van der Waals surface area contributed by atoms with Crippen LogP contribution in [0, 0.1) is 19.8 Å². The first kappa shape index (κ1) is 18.7. The van der Waals surface area contributed by atoms with E-state index in [0.717, 1.165) is 54.7 Å². The Labute approximate surface area is 193 Å².